The Labute approximate surface area is 181 Å². The molecule has 2 heterocycles. The molecule has 2 atom stereocenters. The van der Waals surface area contributed by atoms with Crippen molar-refractivity contribution in [2.45, 2.75) is 30.7 Å². The maximum atomic E-state index is 12.7. The molecule has 9 nitrogen and oxygen atoms in total. The van der Waals surface area contributed by atoms with Crippen LogP contribution in [0.4, 0.5) is 5.69 Å². The lowest BCUT2D eigenvalue weighted by atomic mass is 9.96. The minimum absolute atomic E-state index is 0.0985. The van der Waals surface area contributed by atoms with Gasteiger partial charge in [-0.1, -0.05) is 0 Å². The number of likely N-dealkylation sites (tertiary alicyclic amines) is 1. The van der Waals surface area contributed by atoms with Crippen molar-refractivity contribution in [2.75, 3.05) is 32.1 Å². The summed E-state index contributed by atoms with van der Waals surface area (Å²) in [5, 5.41) is 2.81. The number of piperidine rings is 1. The lowest BCUT2D eigenvalue weighted by Gasteiger charge is -2.31. The van der Waals surface area contributed by atoms with Crippen molar-refractivity contribution in [1.29, 1.82) is 0 Å². The molecule has 0 bridgehead atoms. The highest BCUT2D eigenvalue weighted by atomic mass is 32.2. The predicted octanol–water partition coefficient (Wildman–Crippen LogP) is 2.08. The number of furan rings is 1. The van der Waals surface area contributed by atoms with Crippen LogP contribution in [0.3, 0.4) is 0 Å². The second-order valence-electron chi connectivity index (χ2n) is 7.56. The minimum atomic E-state index is -3.68. The number of sulfonamides is 1. The summed E-state index contributed by atoms with van der Waals surface area (Å²) in [6.07, 6.45) is 2.83. The number of ether oxygens (including phenoxy) is 1. The molecule has 1 aromatic heterocycles. The average molecular weight is 450 g/mol. The summed E-state index contributed by atoms with van der Waals surface area (Å²) < 4.78 is 37.4. The van der Waals surface area contributed by atoms with Gasteiger partial charge in [-0.05, 0) is 56.2 Å². The first-order valence-electron chi connectivity index (χ1n) is 10.0. The van der Waals surface area contributed by atoms with E-state index in [9.17, 15) is 18.0 Å². The quantitative estimate of drug-likeness (QED) is 0.637. The zero-order chi connectivity index (χ0) is 22.4. The Morgan fingerprint density at radius 2 is 2.00 bits per heavy atom. The van der Waals surface area contributed by atoms with Crippen LogP contribution in [0, 0.1) is 5.92 Å². The number of nitrogens with one attached hydrogen (secondary N) is 2. The number of hydrogen-bond donors (Lipinski definition) is 2. The van der Waals surface area contributed by atoms with Gasteiger partial charge in [0.2, 0.25) is 15.9 Å². The van der Waals surface area contributed by atoms with Crippen molar-refractivity contribution in [2.24, 2.45) is 5.92 Å². The SMILES string of the molecule is COCC(C)NS(=O)(=O)c1ccc(NC(=O)C2CCCN(C(=O)c3ccco3)C2)cc1. The molecule has 1 aliphatic heterocycles. The second kappa shape index (κ2) is 10.1. The standard InChI is InChI=1S/C21H27N3O6S/c1-15(14-29-2)23-31(27,28)18-9-7-17(8-10-18)22-20(25)16-5-3-11-24(13-16)21(26)19-6-4-12-30-19/h4,6-10,12,15-16,23H,3,5,11,13-14H2,1-2H3,(H,22,25). The van der Waals surface area contributed by atoms with Crippen LogP contribution in [-0.4, -0.2) is 58.0 Å². The number of nitrogens with zero attached hydrogens (tertiary/aromatic N) is 1. The van der Waals surface area contributed by atoms with Crippen molar-refractivity contribution in [3.63, 3.8) is 0 Å². The van der Waals surface area contributed by atoms with Gasteiger partial charge in [-0.15, -0.1) is 0 Å². The highest BCUT2D eigenvalue weighted by Gasteiger charge is 2.30. The second-order valence-corrected chi connectivity index (χ2v) is 9.27. The molecule has 0 spiro atoms. The Morgan fingerprint density at radius 3 is 2.65 bits per heavy atom. The van der Waals surface area contributed by atoms with Crippen molar-refractivity contribution < 1.29 is 27.2 Å². The van der Waals surface area contributed by atoms with E-state index in [4.69, 9.17) is 9.15 Å². The first kappa shape index (κ1) is 23.0. The Kier molecular flexibility index (Phi) is 7.47. The van der Waals surface area contributed by atoms with Crippen LogP contribution in [0.5, 0.6) is 0 Å². The largest absolute Gasteiger partial charge is 0.459 e. The smallest absolute Gasteiger partial charge is 0.289 e. The van der Waals surface area contributed by atoms with Crippen molar-refractivity contribution in [1.82, 2.24) is 9.62 Å². The Morgan fingerprint density at radius 1 is 1.26 bits per heavy atom. The zero-order valence-electron chi connectivity index (χ0n) is 17.5. The van der Waals surface area contributed by atoms with E-state index in [0.29, 0.717) is 31.6 Å². The van der Waals surface area contributed by atoms with Gasteiger partial charge in [0.25, 0.3) is 5.91 Å². The Bertz CT molecular complexity index is 989. The molecule has 2 aromatic rings. The normalized spacial score (nSPS) is 17.9. The van der Waals surface area contributed by atoms with Crippen LogP contribution < -0.4 is 10.0 Å². The summed E-state index contributed by atoms with van der Waals surface area (Å²) in [5.41, 5.74) is 0.489. The minimum Gasteiger partial charge on any atom is -0.459 e. The molecule has 1 saturated heterocycles. The number of carbonyl (C=O) groups is 2. The van der Waals surface area contributed by atoms with Gasteiger partial charge in [0, 0.05) is 31.9 Å². The molecule has 0 radical (unpaired) electrons. The summed E-state index contributed by atoms with van der Waals surface area (Å²) in [6.45, 7) is 2.84. The van der Waals surface area contributed by atoms with Gasteiger partial charge in [0.1, 0.15) is 0 Å². The molecular weight excluding hydrogens is 422 g/mol. The van der Waals surface area contributed by atoms with Crippen LogP contribution in [0.1, 0.15) is 30.3 Å². The monoisotopic (exact) mass is 449 g/mol. The van der Waals surface area contributed by atoms with Gasteiger partial charge in [-0.2, -0.15) is 0 Å². The summed E-state index contributed by atoms with van der Waals surface area (Å²) in [6, 6.07) is 8.85. The fourth-order valence-corrected chi connectivity index (χ4v) is 4.74. The number of anilines is 1. The molecule has 2 amide bonds. The van der Waals surface area contributed by atoms with E-state index in [1.165, 1.54) is 25.5 Å². The van der Waals surface area contributed by atoms with Crippen LogP contribution in [0.2, 0.25) is 0 Å². The zero-order valence-corrected chi connectivity index (χ0v) is 18.4. The summed E-state index contributed by atoms with van der Waals surface area (Å²) >= 11 is 0. The molecule has 10 heteroatoms. The third kappa shape index (κ3) is 5.93. The molecule has 1 aliphatic rings. The number of carbonyl (C=O) groups excluding carboxylic acids is 2. The Hall–Kier alpha value is -2.69. The molecule has 1 aromatic carbocycles. The number of hydrogen-bond acceptors (Lipinski definition) is 6. The van der Waals surface area contributed by atoms with Gasteiger partial charge < -0.3 is 19.4 Å². The molecule has 2 unspecified atom stereocenters. The third-order valence-corrected chi connectivity index (χ3v) is 6.62. The number of methoxy groups -OCH3 is 1. The van der Waals surface area contributed by atoms with Crippen molar-refractivity contribution in [3.05, 3.63) is 48.4 Å². The topological polar surface area (TPSA) is 118 Å². The van der Waals surface area contributed by atoms with E-state index in [1.54, 1.807) is 36.1 Å². The fraction of sp³-hybridized carbons (Fsp3) is 0.429. The average Bonchev–Trinajstić information content (AvgIpc) is 3.28. The van der Waals surface area contributed by atoms with Crippen molar-refractivity contribution >= 4 is 27.5 Å². The summed E-state index contributed by atoms with van der Waals surface area (Å²) in [5.74, 6) is -0.537. The fourth-order valence-electron chi connectivity index (χ4n) is 3.51. The number of amides is 2. The molecule has 3 rings (SSSR count). The molecule has 168 valence electrons. The molecule has 31 heavy (non-hydrogen) atoms. The van der Waals surface area contributed by atoms with Crippen LogP contribution >= 0.6 is 0 Å². The highest BCUT2D eigenvalue weighted by Crippen LogP contribution is 2.21. The molecule has 2 N–H and O–H groups in total. The highest BCUT2D eigenvalue weighted by molar-refractivity contribution is 7.89. The van der Waals surface area contributed by atoms with Gasteiger partial charge in [-0.3, -0.25) is 9.59 Å². The van der Waals surface area contributed by atoms with Crippen molar-refractivity contribution in [3.8, 4) is 0 Å². The van der Waals surface area contributed by atoms with Gasteiger partial charge >= 0.3 is 0 Å². The van der Waals surface area contributed by atoms with E-state index in [1.807, 2.05) is 0 Å². The van der Waals surface area contributed by atoms with E-state index >= 15 is 0 Å². The van der Waals surface area contributed by atoms with Crippen LogP contribution in [0.25, 0.3) is 0 Å². The van der Waals surface area contributed by atoms with E-state index in [0.717, 1.165) is 0 Å². The van der Waals surface area contributed by atoms with Crippen LogP contribution in [0.15, 0.2) is 52.0 Å². The maximum Gasteiger partial charge on any atom is 0.289 e. The molecule has 0 saturated carbocycles. The predicted molar refractivity (Wildman–Crippen MR) is 114 cm³/mol. The van der Waals surface area contributed by atoms with Crippen LogP contribution in [-0.2, 0) is 19.6 Å². The Balaban J connectivity index is 1.59. The first-order valence-corrected chi connectivity index (χ1v) is 11.5. The molecule has 1 fully saturated rings. The number of rotatable bonds is 8. The van der Waals surface area contributed by atoms with E-state index < -0.39 is 10.0 Å². The third-order valence-electron chi connectivity index (χ3n) is 5.02. The summed E-state index contributed by atoms with van der Waals surface area (Å²) in [4.78, 5) is 26.9. The lowest BCUT2D eigenvalue weighted by Crippen LogP contribution is -2.43. The lowest BCUT2D eigenvalue weighted by molar-refractivity contribution is -0.121. The molecule has 0 aliphatic carbocycles. The first-order chi connectivity index (χ1) is 14.8. The van der Waals surface area contributed by atoms with E-state index in [2.05, 4.69) is 10.0 Å². The van der Waals surface area contributed by atoms with Gasteiger partial charge in [-0.25, -0.2) is 13.1 Å². The molecular formula is C21H27N3O6S. The maximum absolute atomic E-state index is 12.7. The number of benzene rings is 1. The van der Waals surface area contributed by atoms with E-state index in [-0.39, 0.29) is 41.0 Å². The summed E-state index contributed by atoms with van der Waals surface area (Å²) in [7, 11) is -2.18. The van der Waals surface area contributed by atoms with Gasteiger partial charge in [0.05, 0.1) is 23.7 Å². The van der Waals surface area contributed by atoms with Gasteiger partial charge in [0.15, 0.2) is 5.76 Å².